The van der Waals surface area contributed by atoms with E-state index in [4.69, 9.17) is 14.2 Å². The largest absolute Gasteiger partial charge is 1.00 e. The van der Waals surface area contributed by atoms with E-state index in [-0.39, 0.29) is 68.9 Å². The molecular weight excluding hydrogens is 846 g/mol. The predicted molar refractivity (Wildman–Crippen MR) is 180 cm³/mol. The standard InChI is InChI=1S/C39H48N3O6.3BrH/c1-7-31-34(25-40-19-13-16-28(22-40)37(43)46-10-4)32(8-2)36(27-42-21-15-18-30(24-42)39(45)48-12-6)33(9-3)35(31)26-41-20-14-17-29(23-41)38(44)47-11-5;;;/h13-24H,7-12,25-27H2,1-6H3;3*1H/q+3;;;/p-3. The van der Waals surface area contributed by atoms with Gasteiger partial charge in [-0.05, 0) is 74.9 Å². The molecule has 0 spiro atoms. The summed E-state index contributed by atoms with van der Waals surface area (Å²) in [5.74, 6) is -1.05. The number of halogens is 3. The van der Waals surface area contributed by atoms with Gasteiger partial charge in [-0.3, -0.25) is 0 Å². The summed E-state index contributed by atoms with van der Waals surface area (Å²) in [4.78, 5) is 37.9. The number of hydrogen-bond acceptors (Lipinski definition) is 6. The number of rotatable bonds is 15. The molecule has 0 amide bonds. The molecule has 0 bridgehead atoms. The normalized spacial score (nSPS) is 10.2. The molecule has 0 fully saturated rings. The van der Waals surface area contributed by atoms with Gasteiger partial charge in [0.15, 0.2) is 56.8 Å². The summed E-state index contributed by atoms with van der Waals surface area (Å²) in [6.45, 7) is 14.5. The van der Waals surface area contributed by atoms with Crippen LogP contribution in [0, 0.1) is 0 Å². The average molecular weight is 895 g/mol. The van der Waals surface area contributed by atoms with E-state index in [1.807, 2.05) is 69.1 Å². The lowest BCUT2D eigenvalue weighted by molar-refractivity contribution is -0.690. The quantitative estimate of drug-likeness (QED) is 0.0687. The minimum atomic E-state index is -0.350. The first-order valence-corrected chi connectivity index (χ1v) is 16.9. The van der Waals surface area contributed by atoms with Crippen molar-refractivity contribution in [1.29, 1.82) is 0 Å². The van der Waals surface area contributed by atoms with Gasteiger partial charge in [-0.2, -0.15) is 13.7 Å². The molecule has 0 aliphatic carbocycles. The zero-order valence-electron chi connectivity index (χ0n) is 30.2. The first-order chi connectivity index (χ1) is 23.3. The Labute approximate surface area is 333 Å². The van der Waals surface area contributed by atoms with Gasteiger partial charge in [-0.25, -0.2) is 14.4 Å². The second-order valence-electron chi connectivity index (χ2n) is 11.4. The highest BCUT2D eigenvalue weighted by molar-refractivity contribution is 5.89. The minimum absolute atomic E-state index is 0. The number of esters is 3. The van der Waals surface area contributed by atoms with Crippen LogP contribution in [0.4, 0.5) is 0 Å². The molecule has 3 aromatic heterocycles. The van der Waals surface area contributed by atoms with Gasteiger partial charge in [0, 0.05) is 34.9 Å². The number of carbonyl (C=O) groups is 3. The number of ether oxygens (including phenoxy) is 3. The fraction of sp³-hybridized carbons (Fsp3) is 0.385. The molecule has 276 valence electrons. The highest BCUT2D eigenvalue weighted by atomic mass is 79.9. The monoisotopic (exact) mass is 891 g/mol. The number of benzene rings is 1. The maximum atomic E-state index is 12.6. The summed E-state index contributed by atoms with van der Waals surface area (Å²) in [6, 6.07) is 10.9. The van der Waals surface area contributed by atoms with Crippen LogP contribution >= 0.6 is 0 Å². The van der Waals surface area contributed by atoms with Crippen LogP contribution in [0.1, 0.15) is 106 Å². The van der Waals surface area contributed by atoms with E-state index in [9.17, 15) is 14.4 Å². The summed E-state index contributed by atoms with van der Waals surface area (Å²) >= 11 is 0. The molecule has 0 aliphatic rings. The Morgan fingerprint density at radius 3 is 0.922 bits per heavy atom. The summed E-state index contributed by atoms with van der Waals surface area (Å²) in [5.41, 5.74) is 8.87. The molecule has 0 unspecified atom stereocenters. The molecule has 3 heterocycles. The van der Waals surface area contributed by atoms with Crippen molar-refractivity contribution < 1.29 is 93.2 Å². The van der Waals surface area contributed by atoms with Crippen LogP contribution in [-0.2, 0) is 53.1 Å². The zero-order chi connectivity index (χ0) is 34.6. The Morgan fingerprint density at radius 2 is 0.706 bits per heavy atom. The van der Waals surface area contributed by atoms with Crippen molar-refractivity contribution in [3.8, 4) is 0 Å². The lowest BCUT2D eigenvalue weighted by Gasteiger charge is -2.23. The molecule has 51 heavy (non-hydrogen) atoms. The highest BCUT2D eigenvalue weighted by Gasteiger charge is 2.28. The van der Waals surface area contributed by atoms with Gasteiger partial charge in [0.1, 0.15) is 16.7 Å². The molecule has 4 rings (SSSR count). The number of aromatic nitrogens is 3. The van der Waals surface area contributed by atoms with Crippen molar-refractivity contribution in [2.24, 2.45) is 0 Å². The molecule has 0 saturated carbocycles. The lowest BCUT2D eigenvalue weighted by Crippen LogP contribution is -3.00. The summed E-state index contributed by atoms with van der Waals surface area (Å²) < 4.78 is 22.0. The molecule has 0 atom stereocenters. The van der Waals surface area contributed by atoms with Crippen LogP contribution in [0.15, 0.2) is 73.6 Å². The molecule has 0 aliphatic heterocycles. The molecule has 0 radical (unpaired) electrons. The van der Waals surface area contributed by atoms with Crippen molar-refractivity contribution in [3.63, 3.8) is 0 Å². The van der Waals surface area contributed by atoms with Gasteiger partial charge in [0.25, 0.3) is 0 Å². The van der Waals surface area contributed by atoms with Crippen LogP contribution in [0.5, 0.6) is 0 Å². The van der Waals surface area contributed by atoms with Gasteiger partial charge in [-0.15, -0.1) is 0 Å². The van der Waals surface area contributed by atoms with Crippen molar-refractivity contribution in [2.75, 3.05) is 19.8 Å². The summed E-state index contributed by atoms with van der Waals surface area (Å²) in [6.07, 6.45) is 13.9. The first kappa shape index (κ1) is 45.5. The second-order valence-corrected chi connectivity index (χ2v) is 11.4. The molecular formula is C39H48Br3N3O6. The Morgan fingerprint density at radius 1 is 0.451 bits per heavy atom. The van der Waals surface area contributed by atoms with E-state index in [1.54, 1.807) is 39.0 Å². The van der Waals surface area contributed by atoms with Gasteiger partial charge in [-0.1, -0.05) is 20.8 Å². The van der Waals surface area contributed by atoms with Crippen LogP contribution in [-0.4, -0.2) is 37.7 Å². The van der Waals surface area contributed by atoms with E-state index < -0.39 is 0 Å². The van der Waals surface area contributed by atoms with E-state index in [1.165, 1.54) is 33.4 Å². The Balaban J connectivity index is 0.00000433. The molecule has 4 aromatic rings. The Bertz CT molecular complexity index is 1560. The average Bonchev–Trinajstić information content (AvgIpc) is 3.09. The SMILES string of the molecule is CCOC(=O)c1ccc[n+](Cc2c(CC)c(C[n+]3cccc(C(=O)OCC)c3)c(CC)c(C[n+]3cccc(C(=O)OCC)c3)c2CC)c1.[Br-].[Br-].[Br-]. The second kappa shape index (κ2) is 22.5. The number of hydrogen-bond donors (Lipinski definition) is 0. The number of nitrogens with zero attached hydrogens (tertiary/aromatic N) is 3. The van der Waals surface area contributed by atoms with Crippen LogP contribution in [0.3, 0.4) is 0 Å². The van der Waals surface area contributed by atoms with E-state index in [2.05, 4.69) is 20.8 Å². The van der Waals surface area contributed by atoms with Crippen molar-refractivity contribution in [3.05, 3.63) is 124 Å². The zero-order valence-corrected chi connectivity index (χ0v) is 35.0. The van der Waals surface area contributed by atoms with Crippen LogP contribution < -0.4 is 64.6 Å². The molecule has 0 N–H and O–H groups in total. The molecule has 1 aromatic carbocycles. The fourth-order valence-corrected chi connectivity index (χ4v) is 6.36. The molecule has 9 nitrogen and oxygen atoms in total. The van der Waals surface area contributed by atoms with Gasteiger partial charge in [0.2, 0.25) is 0 Å². The number of carbonyl (C=O) groups excluding carboxylic acids is 3. The Kier molecular flexibility index (Phi) is 20.1. The minimum Gasteiger partial charge on any atom is -1.00 e. The third kappa shape index (κ3) is 11.5. The highest BCUT2D eigenvalue weighted by Crippen LogP contribution is 2.31. The molecule has 0 saturated heterocycles. The van der Waals surface area contributed by atoms with Crippen molar-refractivity contribution in [2.45, 2.75) is 80.4 Å². The maximum absolute atomic E-state index is 12.6. The third-order valence-corrected chi connectivity index (χ3v) is 8.38. The number of pyridine rings is 3. The van der Waals surface area contributed by atoms with Gasteiger partial charge >= 0.3 is 17.9 Å². The van der Waals surface area contributed by atoms with Crippen molar-refractivity contribution in [1.82, 2.24) is 0 Å². The fourth-order valence-electron chi connectivity index (χ4n) is 6.36. The van der Waals surface area contributed by atoms with E-state index >= 15 is 0 Å². The topological polar surface area (TPSA) is 90.5 Å². The third-order valence-electron chi connectivity index (χ3n) is 8.38. The van der Waals surface area contributed by atoms with Crippen LogP contribution in [0.2, 0.25) is 0 Å². The van der Waals surface area contributed by atoms with Gasteiger partial charge in [0.05, 0.1) is 19.8 Å². The van der Waals surface area contributed by atoms with Crippen LogP contribution in [0.25, 0.3) is 0 Å². The first-order valence-electron chi connectivity index (χ1n) is 16.9. The summed E-state index contributed by atoms with van der Waals surface area (Å²) in [5, 5.41) is 0. The maximum Gasteiger partial charge on any atom is 0.344 e. The van der Waals surface area contributed by atoms with E-state index in [0.717, 1.165) is 19.3 Å². The lowest BCUT2D eigenvalue weighted by atomic mass is 9.83. The predicted octanol–water partition coefficient (Wildman–Crippen LogP) is -4.08. The molecule has 12 heteroatoms. The summed E-state index contributed by atoms with van der Waals surface area (Å²) in [7, 11) is 0. The smallest absolute Gasteiger partial charge is 0.344 e. The van der Waals surface area contributed by atoms with Gasteiger partial charge < -0.3 is 65.2 Å². The van der Waals surface area contributed by atoms with E-state index in [0.29, 0.717) is 56.1 Å². The Hall–Kier alpha value is -3.48. The van der Waals surface area contributed by atoms with Crippen molar-refractivity contribution >= 4 is 17.9 Å².